The van der Waals surface area contributed by atoms with E-state index in [-0.39, 0.29) is 0 Å². The molecule has 0 spiro atoms. The standard InChI is InChI=1S/C52H34N2O/c1-2-15-40-35(13-1)14-11-20-41(40)36-27-29-37(30-28-36)53(38-31-33-39(34-32-38)54-48-23-8-3-16-42(48)43-17-4-9-24-49(43)54)47-22-7-5-18-44(47)45-21-12-26-51-52(45)46-19-6-10-25-50(46)55-51/h1-34H. The lowest BCUT2D eigenvalue weighted by Crippen LogP contribution is -2.11. The van der Waals surface area contributed by atoms with Crippen LogP contribution >= 0.6 is 0 Å². The van der Waals surface area contributed by atoms with Gasteiger partial charge in [0.15, 0.2) is 0 Å². The van der Waals surface area contributed by atoms with E-state index in [9.17, 15) is 0 Å². The number of aromatic nitrogens is 1. The minimum Gasteiger partial charge on any atom is -0.456 e. The Morgan fingerprint density at radius 3 is 1.65 bits per heavy atom. The van der Waals surface area contributed by atoms with Gasteiger partial charge in [0.05, 0.1) is 16.7 Å². The molecule has 2 aromatic heterocycles. The van der Waals surface area contributed by atoms with Crippen molar-refractivity contribution in [3.63, 3.8) is 0 Å². The number of benzene rings is 9. The van der Waals surface area contributed by atoms with E-state index in [1.807, 2.05) is 12.1 Å². The molecule has 0 N–H and O–H groups in total. The van der Waals surface area contributed by atoms with Crippen LogP contribution in [0.5, 0.6) is 0 Å². The fourth-order valence-electron chi connectivity index (χ4n) is 8.54. The van der Waals surface area contributed by atoms with Crippen LogP contribution in [0, 0.1) is 0 Å². The van der Waals surface area contributed by atoms with E-state index in [1.54, 1.807) is 0 Å². The molecule has 9 aromatic carbocycles. The number of hydrogen-bond acceptors (Lipinski definition) is 2. The second-order valence-corrected chi connectivity index (χ2v) is 14.1. The van der Waals surface area contributed by atoms with E-state index in [4.69, 9.17) is 4.42 Å². The summed E-state index contributed by atoms with van der Waals surface area (Å²) in [6.07, 6.45) is 0. The lowest BCUT2D eigenvalue weighted by Gasteiger charge is -2.28. The van der Waals surface area contributed by atoms with Gasteiger partial charge >= 0.3 is 0 Å². The van der Waals surface area contributed by atoms with E-state index in [0.717, 1.165) is 55.8 Å². The molecule has 3 heteroatoms. The molecule has 0 radical (unpaired) electrons. The third-order valence-corrected chi connectivity index (χ3v) is 11.0. The molecule has 0 fully saturated rings. The van der Waals surface area contributed by atoms with Gasteiger partial charge in [0.1, 0.15) is 11.2 Å². The predicted octanol–water partition coefficient (Wildman–Crippen LogP) is 14.6. The Kier molecular flexibility index (Phi) is 7.17. The zero-order valence-corrected chi connectivity index (χ0v) is 29.9. The Hall–Kier alpha value is -7.36. The van der Waals surface area contributed by atoms with Gasteiger partial charge in [-0.05, 0) is 94.2 Å². The fourth-order valence-corrected chi connectivity index (χ4v) is 8.54. The van der Waals surface area contributed by atoms with Gasteiger partial charge in [0, 0.05) is 44.2 Å². The lowest BCUT2D eigenvalue weighted by molar-refractivity contribution is 0.669. The number of fused-ring (bicyclic) bond motifs is 7. The summed E-state index contributed by atoms with van der Waals surface area (Å²) in [6, 6.07) is 73.9. The Balaban J connectivity index is 1.10. The maximum absolute atomic E-state index is 6.36. The van der Waals surface area contributed by atoms with Crippen molar-refractivity contribution in [1.82, 2.24) is 4.57 Å². The van der Waals surface area contributed by atoms with Crippen LogP contribution in [-0.2, 0) is 0 Å². The Bertz CT molecular complexity index is 3150. The average molecular weight is 703 g/mol. The molecule has 11 aromatic rings. The zero-order chi connectivity index (χ0) is 36.3. The number of nitrogens with zero attached hydrogens (tertiary/aromatic N) is 2. The number of hydrogen-bond donors (Lipinski definition) is 0. The van der Waals surface area contributed by atoms with Gasteiger partial charge in [0.2, 0.25) is 0 Å². The molecule has 0 amide bonds. The summed E-state index contributed by atoms with van der Waals surface area (Å²) in [4.78, 5) is 2.39. The first-order valence-electron chi connectivity index (χ1n) is 18.8. The van der Waals surface area contributed by atoms with Crippen LogP contribution in [0.1, 0.15) is 0 Å². The first-order chi connectivity index (χ1) is 27.3. The number of rotatable bonds is 6. The molecule has 0 atom stereocenters. The van der Waals surface area contributed by atoms with Crippen molar-refractivity contribution < 1.29 is 4.42 Å². The van der Waals surface area contributed by atoms with Crippen molar-refractivity contribution >= 4 is 71.6 Å². The topological polar surface area (TPSA) is 21.3 Å². The van der Waals surface area contributed by atoms with Crippen LogP contribution in [-0.4, -0.2) is 4.57 Å². The van der Waals surface area contributed by atoms with Crippen molar-refractivity contribution in [3.8, 4) is 27.9 Å². The predicted molar refractivity (Wildman–Crippen MR) is 231 cm³/mol. The van der Waals surface area contributed by atoms with Crippen LogP contribution in [0.3, 0.4) is 0 Å². The molecule has 2 heterocycles. The van der Waals surface area contributed by atoms with Crippen LogP contribution in [0.25, 0.3) is 82.5 Å². The number of para-hydroxylation sites is 4. The molecular formula is C52H34N2O. The molecule has 0 saturated heterocycles. The fraction of sp³-hybridized carbons (Fsp3) is 0. The third kappa shape index (κ3) is 5.05. The van der Waals surface area contributed by atoms with E-state index in [0.29, 0.717) is 0 Å². The summed E-state index contributed by atoms with van der Waals surface area (Å²) in [7, 11) is 0. The highest BCUT2D eigenvalue weighted by Crippen LogP contribution is 2.45. The molecule has 3 nitrogen and oxygen atoms in total. The molecule has 258 valence electrons. The van der Waals surface area contributed by atoms with Crippen molar-refractivity contribution in [3.05, 3.63) is 206 Å². The van der Waals surface area contributed by atoms with Crippen LogP contribution in [0.4, 0.5) is 17.1 Å². The van der Waals surface area contributed by atoms with Gasteiger partial charge < -0.3 is 13.9 Å². The van der Waals surface area contributed by atoms with Gasteiger partial charge in [-0.3, -0.25) is 0 Å². The third-order valence-electron chi connectivity index (χ3n) is 11.0. The van der Waals surface area contributed by atoms with Crippen molar-refractivity contribution in [2.45, 2.75) is 0 Å². The van der Waals surface area contributed by atoms with Gasteiger partial charge in [-0.25, -0.2) is 0 Å². The van der Waals surface area contributed by atoms with Gasteiger partial charge in [-0.2, -0.15) is 0 Å². The summed E-state index contributed by atoms with van der Waals surface area (Å²) < 4.78 is 8.74. The molecule has 0 unspecified atom stereocenters. The summed E-state index contributed by atoms with van der Waals surface area (Å²) in [6.45, 7) is 0. The van der Waals surface area contributed by atoms with Crippen LogP contribution < -0.4 is 4.90 Å². The zero-order valence-electron chi connectivity index (χ0n) is 29.9. The minimum atomic E-state index is 0.884. The second-order valence-electron chi connectivity index (χ2n) is 14.1. The summed E-state index contributed by atoms with van der Waals surface area (Å²) in [5, 5.41) is 7.24. The SMILES string of the molecule is c1ccc(N(c2ccc(-c3cccc4ccccc34)cc2)c2ccc(-n3c4ccccc4c4ccccc43)cc2)c(-c2cccc3oc4ccccc4c23)c1. The summed E-state index contributed by atoms with van der Waals surface area (Å²) in [5.74, 6) is 0. The Morgan fingerprint density at radius 1 is 0.364 bits per heavy atom. The summed E-state index contributed by atoms with van der Waals surface area (Å²) >= 11 is 0. The number of anilines is 3. The largest absolute Gasteiger partial charge is 0.456 e. The molecule has 0 aliphatic rings. The van der Waals surface area contributed by atoms with E-state index < -0.39 is 0 Å². The van der Waals surface area contributed by atoms with Crippen molar-refractivity contribution in [2.24, 2.45) is 0 Å². The average Bonchev–Trinajstić information content (AvgIpc) is 3.81. The Labute approximate surface area is 318 Å². The van der Waals surface area contributed by atoms with Gasteiger partial charge in [0.25, 0.3) is 0 Å². The van der Waals surface area contributed by atoms with Crippen LogP contribution in [0.2, 0.25) is 0 Å². The Morgan fingerprint density at radius 2 is 0.891 bits per heavy atom. The van der Waals surface area contributed by atoms with Crippen molar-refractivity contribution in [2.75, 3.05) is 4.90 Å². The summed E-state index contributed by atoms with van der Waals surface area (Å²) in [5.41, 5.74) is 13.2. The van der Waals surface area contributed by atoms with Crippen LogP contribution in [0.15, 0.2) is 211 Å². The molecule has 0 bridgehead atoms. The van der Waals surface area contributed by atoms with E-state index >= 15 is 0 Å². The highest BCUT2D eigenvalue weighted by molar-refractivity contribution is 6.14. The van der Waals surface area contributed by atoms with E-state index in [1.165, 1.54) is 43.7 Å². The highest BCUT2D eigenvalue weighted by atomic mass is 16.3. The smallest absolute Gasteiger partial charge is 0.136 e. The quantitative estimate of drug-likeness (QED) is 0.172. The molecule has 0 aliphatic heterocycles. The molecule has 55 heavy (non-hydrogen) atoms. The lowest BCUT2D eigenvalue weighted by atomic mass is 9.96. The van der Waals surface area contributed by atoms with Crippen molar-refractivity contribution in [1.29, 1.82) is 0 Å². The maximum atomic E-state index is 6.36. The second kappa shape index (κ2) is 12.6. The molecule has 0 saturated carbocycles. The van der Waals surface area contributed by atoms with Gasteiger partial charge in [-0.1, -0.05) is 140 Å². The van der Waals surface area contributed by atoms with E-state index in [2.05, 4.69) is 204 Å². The maximum Gasteiger partial charge on any atom is 0.136 e. The normalized spacial score (nSPS) is 11.6. The molecule has 11 rings (SSSR count). The first-order valence-corrected chi connectivity index (χ1v) is 18.8. The molecular weight excluding hydrogens is 669 g/mol. The number of furan rings is 1. The molecule has 0 aliphatic carbocycles. The highest BCUT2D eigenvalue weighted by Gasteiger charge is 2.21. The monoisotopic (exact) mass is 702 g/mol. The minimum absolute atomic E-state index is 0.884. The van der Waals surface area contributed by atoms with Gasteiger partial charge in [-0.15, -0.1) is 0 Å². The first kappa shape index (κ1) is 31.2.